The molecule has 0 saturated carbocycles. The molecule has 1 fully saturated rings. The Hall–Kier alpha value is -2.46. The molecule has 9 nitrogen and oxygen atoms in total. The van der Waals surface area contributed by atoms with E-state index in [1.165, 1.54) is 6.08 Å². The average molecular weight is 394 g/mol. The highest BCUT2D eigenvalue weighted by Gasteiger charge is 2.42. The summed E-state index contributed by atoms with van der Waals surface area (Å²) >= 11 is 0. The summed E-state index contributed by atoms with van der Waals surface area (Å²) in [5, 5.41) is 0. The second-order valence-corrected chi connectivity index (χ2v) is 8.58. The number of ketones is 1. The third kappa shape index (κ3) is 4.11. The Morgan fingerprint density at radius 3 is 2.67 bits per heavy atom. The molecule has 3 aliphatic rings. The molecule has 27 heavy (non-hydrogen) atoms. The van der Waals surface area contributed by atoms with Crippen molar-refractivity contribution in [1.29, 1.82) is 0 Å². The number of Topliss-reactive ketones (excluding diaryl/α,β-unsaturated/α-hetero) is 1. The zero-order valence-electron chi connectivity index (χ0n) is 15.1. The van der Waals surface area contributed by atoms with Crippen LogP contribution in [0.25, 0.3) is 0 Å². The Morgan fingerprint density at radius 2 is 2.04 bits per heavy atom. The van der Waals surface area contributed by atoms with E-state index in [0.717, 1.165) is 18.2 Å². The second kappa shape index (κ2) is 6.93. The van der Waals surface area contributed by atoms with Crippen molar-refractivity contribution in [1.82, 2.24) is 4.90 Å². The fraction of sp³-hybridized carbons (Fsp3) is 0.471. The van der Waals surface area contributed by atoms with E-state index in [-0.39, 0.29) is 41.9 Å². The number of hydrogen-bond donors (Lipinski definition) is 2. The van der Waals surface area contributed by atoms with Crippen molar-refractivity contribution < 1.29 is 22.2 Å². The van der Waals surface area contributed by atoms with Crippen LogP contribution in [-0.4, -0.2) is 56.4 Å². The lowest BCUT2D eigenvalue weighted by Crippen LogP contribution is -2.42. The van der Waals surface area contributed by atoms with Crippen molar-refractivity contribution in [3.8, 4) is 0 Å². The molecule has 4 N–H and O–H groups in total. The van der Waals surface area contributed by atoms with Crippen LogP contribution in [-0.2, 0) is 23.9 Å². The summed E-state index contributed by atoms with van der Waals surface area (Å²) < 4.78 is 27.9. The van der Waals surface area contributed by atoms with Crippen molar-refractivity contribution >= 4 is 27.8 Å². The van der Waals surface area contributed by atoms with E-state index < -0.39 is 16.0 Å². The molecule has 3 unspecified atom stereocenters. The fourth-order valence-electron chi connectivity index (χ4n) is 3.87. The Morgan fingerprint density at radius 1 is 1.33 bits per heavy atom. The van der Waals surface area contributed by atoms with Gasteiger partial charge in [-0.05, 0) is 36.6 Å². The molecular weight excluding hydrogens is 372 g/mol. The number of nitrogens with two attached hydrogens (primary N) is 2. The standard InChI is InChI=1S/C17H22N4O5S/c1-9-5-14(26-27(2,24)25)13(22)8-21-4-3-10-6-11(7-12(9)15(10)21)16(23)20-17(18)19/h5-7,9-10,15H,3-4,8H2,1-2H3,(H4,18,19,20,23). The number of guanidine groups is 1. The monoisotopic (exact) mass is 394 g/mol. The molecule has 0 aromatic heterocycles. The number of hydrogen-bond acceptors (Lipinski definition) is 6. The van der Waals surface area contributed by atoms with Gasteiger partial charge in [-0.25, -0.2) is 0 Å². The van der Waals surface area contributed by atoms with E-state index in [9.17, 15) is 18.0 Å². The lowest BCUT2D eigenvalue weighted by atomic mass is 9.79. The second-order valence-electron chi connectivity index (χ2n) is 7.01. The molecule has 146 valence electrons. The van der Waals surface area contributed by atoms with Crippen molar-refractivity contribution in [3.05, 3.63) is 35.1 Å². The molecular formula is C17H22N4O5S. The van der Waals surface area contributed by atoms with Crippen molar-refractivity contribution in [2.24, 2.45) is 28.3 Å². The van der Waals surface area contributed by atoms with Gasteiger partial charge in [0, 0.05) is 17.5 Å². The molecule has 0 bridgehead atoms. The lowest BCUT2D eigenvalue weighted by Gasteiger charge is -2.35. The van der Waals surface area contributed by atoms with E-state index in [0.29, 0.717) is 12.1 Å². The largest absolute Gasteiger partial charge is 0.379 e. The first kappa shape index (κ1) is 19.3. The van der Waals surface area contributed by atoms with Crippen molar-refractivity contribution in [3.63, 3.8) is 0 Å². The minimum absolute atomic E-state index is 0.0317. The molecule has 1 saturated heterocycles. The molecule has 1 amide bonds. The normalized spacial score (nSPS) is 28.1. The molecule has 0 aromatic carbocycles. The van der Waals surface area contributed by atoms with Crippen LogP contribution in [0.4, 0.5) is 0 Å². The third-order valence-corrected chi connectivity index (χ3v) is 5.36. The van der Waals surface area contributed by atoms with Gasteiger partial charge in [0.05, 0.1) is 12.8 Å². The Bertz CT molecular complexity index is 912. The molecule has 0 radical (unpaired) electrons. The SMILES string of the molecule is CC1C=C(OS(C)(=O)=O)C(=O)CN2CCC3C=C(C(=O)N=C(N)N)C=C1C32. The van der Waals surface area contributed by atoms with Gasteiger partial charge in [0.15, 0.2) is 11.7 Å². The summed E-state index contributed by atoms with van der Waals surface area (Å²) in [4.78, 5) is 30.4. The molecule has 3 atom stereocenters. The van der Waals surface area contributed by atoms with Crippen LogP contribution < -0.4 is 11.5 Å². The van der Waals surface area contributed by atoms with E-state index in [4.69, 9.17) is 15.7 Å². The first-order chi connectivity index (χ1) is 12.5. The fourth-order valence-corrected chi connectivity index (χ4v) is 4.34. The van der Waals surface area contributed by atoms with E-state index >= 15 is 0 Å². The van der Waals surface area contributed by atoms with Gasteiger partial charge in [-0.2, -0.15) is 13.4 Å². The Kier molecular flexibility index (Phi) is 4.96. The van der Waals surface area contributed by atoms with Gasteiger partial charge in [-0.15, -0.1) is 0 Å². The van der Waals surface area contributed by atoms with Crippen LogP contribution in [0.5, 0.6) is 0 Å². The van der Waals surface area contributed by atoms with Gasteiger partial charge >= 0.3 is 10.1 Å². The first-order valence-electron chi connectivity index (χ1n) is 8.51. The average Bonchev–Trinajstić information content (AvgIpc) is 2.93. The molecule has 10 heteroatoms. The predicted octanol–water partition coefficient (Wildman–Crippen LogP) is -0.578. The van der Waals surface area contributed by atoms with Gasteiger partial charge in [0.1, 0.15) is 0 Å². The maximum atomic E-state index is 12.5. The lowest BCUT2D eigenvalue weighted by molar-refractivity contribution is -0.119. The predicted molar refractivity (Wildman–Crippen MR) is 98.6 cm³/mol. The van der Waals surface area contributed by atoms with E-state index in [2.05, 4.69) is 4.99 Å². The number of aliphatic imine (C=N–C) groups is 1. The summed E-state index contributed by atoms with van der Waals surface area (Å²) in [7, 11) is -3.83. The summed E-state index contributed by atoms with van der Waals surface area (Å²) in [5.74, 6) is -1.66. The summed E-state index contributed by atoms with van der Waals surface area (Å²) in [6.45, 7) is 2.53. The van der Waals surface area contributed by atoms with Gasteiger partial charge in [-0.1, -0.05) is 13.0 Å². The van der Waals surface area contributed by atoms with Gasteiger partial charge in [0.25, 0.3) is 5.91 Å². The summed E-state index contributed by atoms with van der Waals surface area (Å²) in [6.07, 6.45) is 6.73. The highest BCUT2D eigenvalue weighted by atomic mass is 32.2. The van der Waals surface area contributed by atoms with E-state index in [1.54, 1.807) is 6.08 Å². The number of allylic oxidation sites excluding steroid dienone is 1. The molecule has 1 aliphatic carbocycles. The van der Waals surface area contributed by atoms with Crippen LogP contribution in [0, 0.1) is 11.8 Å². The van der Waals surface area contributed by atoms with E-state index in [1.807, 2.05) is 17.9 Å². The number of rotatable bonds is 3. The minimum Gasteiger partial charge on any atom is -0.379 e. The first-order valence-corrected chi connectivity index (χ1v) is 10.3. The van der Waals surface area contributed by atoms with Gasteiger partial charge in [0.2, 0.25) is 5.78 Å². The van der Waals surface area contributed by atoms with Crippen LogP contribution in [0.15, 0.2) is 40.1 Å². The topological polar surface area (TPSA) is 145 Å². The molecule has 0 spiro atoms. The Balaban J connectivity index is 2.03. The maximum Gasteiger partial charge on any atom is 0.306 e. The summed E-state index contributed by atoms with van der Waals surface area (Å²) in [5.41, 5.74) is 11.9. The number of nitrogens with zero attached hydrogens (tertiary/aromatic N) is 2. The van der Waals surface area contributed by atoms with Crippen molar-refractivity contribution in [2.75, 3.05) is 19.3 Å². The Labute approximate surface area is 157 Å². The van der Waals surface area contributed by atoms with Crippen LogP contribution in [0.1, 0.15) is 13.3 Å². The number of carbonyl (C=O) groups is 2. The van der Waals surface area contributed by atoms with Gasteiger partial charge < -0.3 is 15.7 Å². The maximum absolute atomic E-state index is 12.5. The molecule has 2 aliphatic heterocycles. The molecule has 0 aromatic rings. The molecule has 3 rings (SSSR count). The quantitative estimate of drug-likeness (QED) is 0.367. The smallest absolute Gasteiger partial charge is 0.306 e. The zero-order chi connectivity index (χ0) is 19.9. The summed E-state index contributed by atoms with van der Waals surface area (Å²) in [6, 6.07) is -0.0317. The van der Waals surface area contributed by atoms with Crippen LogP contribution in [0.2, 0.25) is 0 Å². The van der Waals surface area contributed by atoms with Crippen LogP contribution in [0.3, 0.4) is 0 Å². The van der Waals surface area contributed by atoms with Crippen molar-refractivity contribution in [2.45, 2.75) is 19.4 Å². The van der Waals surface area contributed by atoms with Gasteiger partial charge in [-0.3, -0.25) is 14.5 Å². The molecule has 2 heterocycles. The highest BCUT2D eigenvalue weighted by molar-refractivity contribution is 7.86. The highest BCUT2D eigenvalue weighted by Crippen LogP contribution is 2.40. The van der Waals surface area contributed by atoms with Crippen LogP contribution >= 0.6 is 0 Å². The number of amides is 1. The third-order valence-electron chi connectivity index (χ3n) is 4.87. The zero-order valence-corrected chi connectivity index (χ0v) is 15.9. The minimum atomic E-state index is -3.83. The number of carbonyl (C=O) groups excluding carboxylic acids is 2.